The van der Waals surface area contributed by atoms with Gasteiger partial charge in [0.1, 0.15) is 0 Å². The Bertz CT molecular complexity index is 137. The molecule has 0 bridgehead atoms. The lowest BCUT2D eigenvalue weighted by atomic mass is 10.2. The molecule has 0 heterocycles. The third-order valence-corrected chi connectivity index (χ3v) is 2.07. The fourth-order valence-electron chi connectivity index (χ4n) is 1.20. The topological polar surface area (TPSA) is 15.3 Å². The first-order valence-corrected chi connectivity index (χ1v) is 4.60. The number of terminal acetylenes is 1. The van der Waals surface area contributed by atoms with Crippen molar-refractivity contribution in [2.75, 3.05) is 26.7 Å². The van der Waals surface area contributed by atoms with Crippen molar-refractivity contribution in [3.8, 4) is 12.3 Å². The van der Waals surface area contributed by atoms with Gasteiger partial charge in [0.05, 0.1) is 6.54 Å². The largest absolute Gasteiger partial charge is 0.315 e. The summed E-state index contributed by atoms with van der Waals surface area (Å²) in [5, 5.41) is 3.33. The molecule has 70 valence electrons. The average Bonchev–Trinajstić information content (AvgIpc) is 2.06. The monoisotopic (exact) mass is 168 g/mol. The van der Waals surface area contributed by atoms with E-state index in [1.807, 2.05) is 0 Å². The quantitative estimate of drug-likeness (QED) is 0.594. The van der Waals surface area contributed by atoms with Crippen LogP contribution in [-0.4, -0.2) is 37.6 Å². The summed E-state index contributed by atoms with van der Waals surface area (Å²) in [6, 6.07) is 0.570. The molecule has 0 aromatic rings. The van der Waals surface area contributed by atoms with E-state index < -0.39 is 0 Å². The molecule has 2 heteroatoms. The summed E-state index contributed by atoms with van der Waals surface area (Å²) in [5.41, 5.74) is 0. The van der Waals surface area contributed by atoms with Crippen molar-refractivity contribution in [3.63, 3.8) is 0 Å². The maximum Gasteiger partial charge on any atom is 0.0599 e. The van der Waals surface area contributed by atoms with Gasteiger partial charge in [0.15, 0.2) is 0 Å². The second-order valence-electron chi connectivity index (χ2n) is 2.99. The van der Waals surface area contributed by atoms with Crippen molar-refractivity contribution in [2.45, 2.75) is 26.3 Å². The molecule has 0 aliphatic rings. The lowest BCUT2D eigenvalue weighted by molar-refractivity contribution is 0.256. The Morgan fingerprint density at radius 2 is 2.17 bits per heavy atom. The van der Waals surface area contributed by atoms with Gasteiger partial charge in [-0.05, 0) is 20.0 Å². The number of hydrogen-bond donors (Lipinski definition) is 1. The van der Waals surface area contributed by atoms with Crippen LogP contribution in [0.2, 0.25) is 0 Å². The number of rotatable bonds is 6. The lowest BCUT2D eigenvalue weighted by Crippen LogP contribution is -2.39. The minimum Gasteiger partial charge on any atom is -0.315 e. The van der Waals surface area contributed by atoms with Crippen LogP contribution in [0, 0.1) is 12.3 Å². The van der Waals surface area contributed by atoms with Gasteiger partial charge in [0, 0.05) is 12.6 Å². The number of hydrogen-bond acceptors (Lipinski definition) is 2. The van der Waals surface area contributed by atoms with E-state index in [0.29, 0.717) is 6.04 Å². The molecule has 1 unspecified atom stereocenters. The Kier molecular flexibility index (Phi) is 6.84. The molecule has 0 aliphatic carbocycles. The SMILES string of the molecule is C#CCN(C)C(CC)CNCC. The maximum absolute atomic E-state index is 5.24. The predicted molar refractivity (Wildman–Crippen MR) is 54.1 cm³/mol. The minimum absolute atomic E-state index is 0.570. The maximum atomic E-state index is 5.24. The minimum atomic E-state index is 0.570. The van der Waals surface area contributed by atoms with Crippen LogP contribution in [0.15, 0.2) is 0 Å². The Hall–Kier alpha value is -0.520. The summed E-state index contributed by atoms with van der Waals surface area (Å²) in [6.45, 7) is 7.11. The summed E-state index contributed by atoms with van der Waals surface area (Å²) in [4.78, 5) is 2.21. The van der Waals surface area contributed by atoms with Crippen LogP contribution >= 0.6 is 0 Å². The summed E-state index contributed by atoms with van der Waals surface area (Å²) in [6.07, 6.45) is 6.38. The fourth-order valence-corrected chi connectivity index (χ4v) is 1.20. The van der Waals surface area contributed by atoms with E-state index >= 15 is 0 Å². The first-order valence-electron chi connectivity index (χ1n) is 4.60. The van der Waals surface area contributed by atoms with Crippen LogP contribution in [0.4, 0.5) is 0 Å². The highest BCUT2D eigenvalue weighted by molar-refractivity contribution is 4.89. The van der Waals surface area contributed by atoms with E-state index in [-0.39, 0.29) is 0 Å². The van der Waals surface area contributed by atoms with Crippen LogP contribution < -0.4 is 5.32 Å². The van der Waals surface area contributed by atoms with Crippen molar-refractivity contribution in [1.82, 2.24) is 10.2 Å². The second kappa shape index (κ2) is 7.15. The van der Waals surface area contributed by atoms with Crippen molar-refractivity contribution in [2.24, 2.45) is 0 Å². The summed E-state index contributed by atoms with van der Waals surface area (Å²) < 4.78 is 0. The molecule has 2 nitrogen and oxygen atoms in total. The highest BCUT2D eigenvalue weighted by Crippen LogP contribution is 1.98. The normalized spacial score (nSPS) is 12.9. The van der Waals surface area contributed by atoms with Gasteiger partial charge in [0.2, 0.25) is 0 Å². The van der Waals surface area contributed by atoms with Gasteiger partial charge in [-0.15, -0.1) is 6.42 Å². The molecule has 0 fully saturated rings. The molecular weight excluding hydrogens is 148 g/mol. The van der Waals surface area contributed by atoms with Crippen LogP contribution in [0.3, 0.4) is 0 Å². The molecule has 1 N–H and O–H groups in total. The standard InChI is InChI=1S/C10H20N2/c1-5-8-12(4)10(6-2)9-11-7-3/h1,10-11H,6-9H2,2-4H3. The number of likely N-dealkylation sites (N-methyl/N-ethyl adjacent to an activating group) is 2. The molecule has 1 atom stereocenters. The summed E-state index contributed by atoms with van der Waals surface area (Å²) >= 11 is 0. The van der Waals surface area contributed by atoms with Crippen LogP contribution in [0.5, 0.6) is 0 Å². The van der Waals surface area contributed by atoms with E-state index in [4.69, 9.17) is 6.42 Å². The summed E-state index contributed by atoms with van der Waals surface area (Å²) in [5.74, 6) is 2.66. The summed E-state index contributed by atoms with van der Waals surface area (Å²) in [7, 11) is 2.07. The van der Waals surface area contributed by atoms with E-state index in [1.54, 1.807) is 0 Å². The molecule has 0 rings (SSSR count). The van der Waals surface area contributed by atoms with E-state index in [2.05, 4.69) is 37.0 Å². The molecule has 0 amide bonds. The Morgan fingerprint density at radius 3 is 2.58 bits per heavy atom. The van der Waals surface area contributed by atoms with Gasteiger partial charge in [-0.3, -0.25) is 4.90 Å². The smallest absolute Gasteiger partial charge is 0.0599 e. The molecule has 0 aliphatic heterocycles. The second-order valence-corrected chi connectivity index (χ2v) is 2.99. The molecule has 0 radical (unpaired) electrons. The van der Waals surface area contributed by atoms with E-state index in [0.717, 1.165) is 26.1 Å². The Labute approximate surface area is 76.3 Å². The zero-order chi connectivity index (χ0) is 9.40. The number of nitrogens with one attached hydrogen (secondary N) is 1. The zero-order valence-corrected chi connectivity index (χ0v) is 8.43. The number of nitrogens with zero attached hydrogens (tertiary/aromatic N) is 1. The van der Waals surface area contributed by atoms with Gasteiger partial charge in [0.25, 0.3) is 0 Å². The van der Waals surface area contributed by atoms with E-state index in [1.165, 1.54) is 0 Å². The highest BCUT2D eigenvalue weighted by Gasteiger charge is 2.09. The van der Waals surface area contributed by atoms with Crippen molar-refractivity contribution < 1.29 is 0 Å². The average molecular weight is 168 g/mol. The molecular formula is C10H20N2. The molecule has 0 spiro atoms. The molecule has 0 aromatic carbocycles. The van der Waals surface area contributed by atoms with Crippen LogP contribution in [0.25, 0.3) is 0 Å². The molecule has 12 heavy (non-hydrogen) atoms. The molecule has 0 aromatic heterocycles. The van der Waals surface area contributed by atoms with Gasteiger partial charge in [-0.25, -0.2) is 0 Å². The molecule has 0 saturated carbocycles. The van der Waals surface area contributed by atoms with E-state index in [9.17, 15) is 0 Å². The van der Waals surface area contributed by atoms with Crippen LogP contribution in [0.1, 0.15) is 20.3 Å². The zero-order valence-electron chi connectivity index (χ0n) is 8.43. The van der Waals surface area contributed by atoms with Gasteiger partial charge >= 0.3 is 0 Å². The van der Waals surface area contributed by atoms with Gasteiger partial charge in [-0.2, -0.15) is 0 Å². The first kappa shape index (κ1) is 11.5. The third kappa shape index (κ3) is 4.38. The van der Waals surface area contributed by atoms with Gasteiger partial charge < -0.3 is 5.32 Å². The molecule has 0 saturated heterocycles. The first-order chi connectivity index (χ1) is 5.76. The van der Waals surface area contributed by atoms with Crippen molar-refractivity contribution >= 4 is 0 Å². The van der Waals surface area contributed by atoms with Gasteiger partial charge in [-0.1, -0.05) is 19.8 Å². The highest BCUT2D eigenvalue weighted by atomic mass is 15.1. The third-order valence-electron chi connectivity index (χ3n) is 2.07. The lowest BCUT2D eigenvalue weighted by Gasteiger charge is -2.25. The predicted octanol–water partition coefficient (Wildman–Crippen LogP) is 0.940. The Balaban J connectivity index is 3.72. The van der Waals surface area contributed by atoms with Crippen LogP contribution in [-0.2, 0) is 0 Å². The van der Waals surface area contributed by atoms with Crippen molar-refractivity contribution in [3.05, 3.63) is 0 Å². The van der Waals surface area contributed by atoms with Crippen molar-refractivity contribution in [1.29, 1.82) is 0 Å². The fraction of sp³-hybridized carbons (Fsp3) is 0.800. The Morgan fingerprint density at radius 1 is 1.50 bits per heavy atom.